The average Bonchev–Trinajstić information content (AvgIpc) is 2.90. The van der Waals surface area contributed by atoms with Crippen LogP contribution in [0.2, 0.25) is 0 Å². The van der Waals surface area contributed by atoms with Crippen molar-refractivity contribution in [3.8, 4) is 0 Å². The van der Waals surface area contributed by atoms with Gasteiger partial charge in [0.25, 0.3) is 0 Å². The molecule has 252 valence electrons. The minimum absolute atomic E-state index is 0.0311. The number of carbonyl (C=O) groups is 4. The maximum atomic E-state index is 12.7. The molecule has 4 amide bonds. The van der Waals surface area contributed by atoms with E-state index in [4.69, 9.17) is 14.2 Å². The predicted octanol–water partition coefficient (Wildman–Crippen LogP) is 2.62. The first-order valence-corrected chi connectivity index (χ1v) is 17.6. The second-order valence-electron chi connectivity index (χ2n) is 12.4. The Morgan fingerprint density at radius 2 is 1.28 bits per heavy atom. The largest absolute Gasteiger partial charge is 0.377 e. The molecule has 0 aliphatic heterocycles. The lowest BCUT2D eigenvalue weighted by Gasteiger charge is -2.31. The molecule has 0 heterocycles. The summed E-state index contributed by atoms with van der Waals surface area (Å²) in [5.41, 5.74) is -0.350. The van der Waals surface area contributed by atoms with Crippen molar-refractivity contribution < 1.29 is 33.4 Å². The van der Waals surface area contributed by atoms with Gasteiger partial charge in [-0.2, -0.15) is 11.8 Å². The molecular formula is C30H58N4O7S2. The van der Waals surface area contributed by atoms with Gasteiger partial charge in [0, 0.05) is 25.0 Å². The quantitative estimate of drug-likeness (QED) is 0.110. The number of thioether (sulfide) groups is 2. The van der Waals surface area contributed by atoms with E-state index in [0.717, 1.165) is 6.42 Å². The zero-order chi connectivity index (χ0) is 32.7. The van der Waals surface area contributed by atoms with Crippen LogP contribution in [0.5, 0.6) is 0 Å². The Kier molecular flexibility index (Phi) is 22.9. The number of hydrogen-bond donors (Lipinski definition) is 4. The van der Waals surface area contributed by atoms with Crippen molar-refractivity contribution in [1.29, 1.82) is 0 Å². The lowest BCUT2D eigenvalue weighted by atomic mass is 9.76. The minimum Gasteiger partial charge on any atom is -0.377 e. The van der Waals surface area contributed by atoms with Crippen LogP contribution in [0.15, 0.2) is 0 Å². The summed E-state index contributed by atoms with van der Waals surface area (Å²) in [5.74, 6) is 0.200. The van der Waals surface area contributed by atoms with Gasteiger partial charge in [0.2, 0.25) is 23.6 Å². The molecule has 0 spiro atoms. The van der Waals surface area contributed by atoms with Crippen molar-refractivity contribution in [2.75, 3.05) is 77.0 Å². The van der Waals surface area contributed by atoms with Gasteiger partial charge in [-0.1, -0.05) is 48.5 Å². The lowest BCUT2D eigenvalue weighted by Crippen LogP contribution is -2.48. The van der Waals surface area contributed by atoms with Crippen LogP contribution in [-0.4, -0.2) is 112 Å². The van der Waals surface area contributed by atoms with E-state index in [2.05, 4.69) is 42.0 Å². The maximum absolute atomic E-state index is 12.7. The summed E-state index contributed by atoms with van der Waals surface area (Å²) in [7, 11) is 0. The first-order chi connectivity index (χ1) is 20.2. The molecule has 1 atom stereocenters. The first kappa shape index (κ1) is 41.5. The summed E-state index contributed by atoms with van der Waals surface area (Å²) >= 11 is 2.96. The second-order valence-corrected chi connectivity index (χ2v) is 14.8. The van der Waals surface area contributed by atoms with Gasteiger partial charge in [-0.25, -0.2) is 0 Å². The fourth-order valence-electron chi connectivity index (χ4n) is 4.26. The van der Waals surface area contributed by atoms with E-state index in [1.54, 1.807) is 11.8 Å². The highest BCUT2D eigenvalue weighted by atomic mass is 32.2. The molecule has 13 heteroatoms. The first-order valence-electron chi connectivity index (χ1n) is 15.1. The van der Waals surface area contributed by atoms with Crippen molar-refractivity contribution in [3.63, 3.8) is 0 Å². The molecule has 0 saturated heterocycles. The van der Waals surface area contributed by atoms with Crippen LogP contribution in [0.3, 0.4) is 0 Å². The summed E-state index contributed by atoms with van der Waals surface area (Å²) in [5, 5.41) is 11.8. The summed E-state index contributed by atoms with van der Waals surface area (Å²) < 4.78 is 16.5. The highest BCUT2D eigenvalue weighted by molar-refractivity contribution is 8.00. The van der Waals surface area contributed by atoms with E-state index in [1.165, 1.54) is 11.8 Å². The fourth-order valence-corrected chi connectivity index (χ4v) is 5.19. The van der Waals surface area contributed by atoms with Crippen molar-refractivity contribution in [2.45, 2.75) is 79.0 Å². The third kappa shape index (κ3) is 24.5. The van der Waals surface area contributed by atoms with E-state index in [0.29, 0.717) is 83.1 Å². The fraction of sp³-hybridized carbons (Fsp3) is 0.867. The molecule has 0 bridgehead atoms. The van der Waals surface area contributed by atoms with Crippen molar-refractivity contribution in [2.24, 2.45) is 10.8 Å². The molecule has 0 aromatic carbocycles. The molecule has 0 radical (unpaired) electrons. The van der Waals surface area contributed by atoms with E-state index in [9.17, 15) is 19.2 Å². The monoisotopic (exact) mass is 650 g/mol. The molecule has 0 fully saturated rings. The second kappa shape index (κ2) is 23.8. The number of ether oxygens (including phenoxy) is 3. The van der Waals surface area contributed by atoms with E-state index >= 15 is 0 Å². The SMILES string of the molecule is CSCC(=O)NC(CCCNC(=O)CSC(C)C)C(=O)NCCOCCOCCOCCNC(=O)C(C)(C)CC(C)(C)C. The van der Waals surface area contributed by atoms with Gasteiger partial charge in [-0.05, 0) is 36.2 Å². The van der Waals surface area contributed by atoms with E-state index in [1.807, 2.05) is 34.0 Å². The van der Waals surface area contributed by atoms with Crippen LogP contribution in [0.4, 0.5) is 0 Å². The molecule has 0 rings (SSSR count). The highest BCUT2D eigenvalue weighted by Gasteiger charge is 2.32. The van der Waals surface area contributed by atoms with Crippen molar-refractivity contribution in [1.82, 2.24) is 21.3 Å². The van der Waals surface area contributed by atoms with Gasteiger partial charge in [-0.3, -0.25) is 19.2 Å². The van der Waals surface area contributed by atoms with E-state index in [-0.39, 0.29) is 34.8 Å². The Balaban J connectivity index is 4.01. The molecule has 11 nitrogen and oxygen atoms in total. The Morgan fingerprint density at radius 3 is 1.81 bits per heavy atom. The van der Waals surface area contributed by atoms with Crippen LogP contribution < -0.4 is 21.3 Å². The molecule has 0 aromatic rings. The molecular weight excluding hydrogens is 592 g/mol. The predicted molar refractivity (Wildman–Crippen MR) is 176 cm³/mol. The van der Waals surface area contributed by atoms with Gasteiger partial charge in [0.05, 0.1) is 51.1 Å². The van der Waals surface area contributed by atoms with Crippen LogP contribution in [0.1, 0.15) is 67.7 Å². The molecule has 0 aliphatic carbocycles. The number of nitrogens with one attached hydrogen (secondary N) is 4. The third-order valence-corrected chi connectivity index (χ3v) is 7.52. The molecule has 43 heavy (non-hydrogen) atoms. The van der Waals surface area contributed by atoms with Crippen molar-refractivity contribution in [3.05, 3.63) is 0 Å². The number of carbonyl (C=O) groups excluding carboxylic acids is 4. The van der Waals surface area contributed by atoms with Gasteiger partial charge < -0.3 is 35.5 Å². The topological polar surface area (TPSA) is 144 Å². The summed E-state index contributed by atoms with van der Waals surface area (Å²) in [6, 6.07) is -0.673. The Labute approximate surface area is 268 Å². The Morgan fingerprint density at radius 1 is 0.721 bits per heavy atom. The van der Waals surface area contributed by atoms with Crippen LogP contribution >= 0.6 is 23.5 Å². The average molecular weight is 651 g/mol. The number of amides is 4. The maximum Gasteiger partial charge on any atom is 0.242 e. The molecule has 0 saturated carbocycles. The highest BCUT2D eigenvalue weighted by Crippen LogP contribution is 2.33. The smallest absolute Gasteiger partial charge is 0.242 e. The van der Waals surface area contributed by atoms with Crippen LogP contribution in [-0.2, 0) is 33.4 Å². The summed E-state index contributed by atoms with van der Waals surface area (Å²) in [6.45, 7) is 17.9. The molecule has 4 N–H and O–H groups in total. The zero-order valence-corrected chi connectivity index (χ0v) is 29.4. The van der Waals surface area contributed by atoms with Gasteiger partial charge >= 0.3 is 0 Å². The summed E-state index contributed by atoms with van der Waals surface area (Å²) in [6.07, 6.45) is 3.61. The normalized spacial score (nSPS) is 12.6. The zero-order valence-electron chi connectivity index (χ0n) is 27.7. The number of hydrogen-bond acceptors (Lipinski definition) is 9. The van der Waals surface area contributed by atoms with Crippen LogP contribution in [0.25, 0.3) is 0 Å². The minimum atomic E-state index is -0.673. The van der Waals surface area contributed by atoms with Gasteiger partial charge in [-0.15, -0.1) is 11.8 Å². The standard InChI is InChI=1S/C30H58N4O7S2/c1-23(2)43-21-25(35)31-11-9-10-24(34-26(36)20-42-8)27(37)32-12-14-39-16-18-41-19-17-40-15-13-33-28(38)30(6,7)22-29(3,4)5/h23-24H,9-22H2,1-8H3,(H,31,35)(H,32,37)(H,33,38)(H,34,36). The van der Waals surface area contributed by atoms with Crippen molar-refractivity contribution >= 4 is 47.2 Å². The molecule has 0 aromatic heterocycles. The third-order valence-electron chi connectivity index (χ3n) is 5.88. The molecule has 1 unspecified atom stereocenters. The Bertz CT molecular complexity index is 808. The van der Waals surface area contributed by atoms with Crippen LogP contribution in [0, 0.1) is 10.8 Å². The molecule has 0 aliphatic rings. The van der Waals surface area contributed by atoms with Gasteiger partial charge in [0.15, 0.2) is 0 Å². The Hall–Kier alpha value is -1.54. The van der Waals surface area contributed by atoms with E-state index < -0.39 is 11.5 Å². The lowest BCUT2D eigenvalue weighted by molar-refractivity contribution is -0.131. The summed E-state index contributed by atoms with van der Waals surface area (Å²) in [4.78, 5) is 49.0. The van der Waals surface area contributed by atoms with Gasteiger partial charge in [0.1, 0.15) is 6.04 Å². The number of rotatable bonds is 25.